The first-order chi connectivity index (χ1) is 16.5. The molecule has 9 nitrogen and oxygen atoms in total. The van der Waals surface area contributed by atoms with Crippen molar-refractivity contribution in [3.63, 3.8) is 0 Å². The predicted octanol–water partition coefficient (Wildman–Crippen LogP) is 4.23. The number of nitrogens with one attached hydrogen (secondary N) is 2. The van der Waals surface area contributed by atoms with Crippen molar-refractivity contribution in [2.75, 3.05) is 5.32 Å². The van der Waals surface area contributed by atoms with Crippen LogP contribution in [0.1, 0.15) is 21.5 Å². The summed E-state index contributed by atoms with van der Waals surface area (Å²) >= 11 is 0.920. The number of rotatable bonds is 6. The third-order valence-corrected chi connectivity index (χ3v) is 5.92. The second kappa shape index (κ2) is 12.5. The Morgan fingerprint density at radius 3 is 1.97 bits per heavy atom. The fourth-order valence-electron chi connectivity index (χ4n) is 2.60. The van der Waals surface area contributed by atoms with E-state index in [1.54, 1.807) is 48.5 Å². The molecule has 0 aromatic heterocycles. The standard InChI is InChI=1S/C17H15N3O3S.C7H8O3S/c18-17(19)24-14(11-6-8-12(9-7-11)16(22)23)10-15(21)20-13-4-2-1-3-5-13;1-6-2-4-7(5-3-6)11(8,9)10/h1-10H,(H3,18,19)(H,20,21)(H,22,23);2-5H,1H3,(H,8,9,10). The number of carbonyl (C=O) groups excluding carboxylic acids is 1. The van der Waals surface area contributed by atoms with E-state index < -0.39 is 16.1 Å². The molecule has 0 bridgehead atoms. The molecular weight excluding hydrogens is 490 g/mol. The molecule has 3 aromatic carbocycles. The van der Waals surface area contributed by atoms with Crippen molar-refractivity contribution in [2.45, 2.75) is 11.8 Å². The van der Waals surface area contributed by atoms with E-state index in [2.05, 4.69) is 5.32 Å². The number of amidine groups is 1. The number of carboxylic acids is 1. The van der Waals surface area contributed by atoms with E-state index in [-0.39, 0.29) is 21.5 Å². The number of thioether (sulfide) groups is 1. The number of hydrogen-bond acceptors (Lipinski definition) is 6. The molecule has 0 unspecified atom stereocenters. The van der Waals surface area contributed by atoms with Crippen molar-refractivity contribution >= 4 is 49.5 Å². The third-order valence-electron chi connectivity index (χ3n) is 4.26. The van der Waals surface area contributed by atoms with E-state index in [0.29, 0.717) is 16.2 Å². The van der Waals surface area contributed by atoms with Crippen molar-refractivity contribution in [3.05, 3.63) is 102 Å². The van der Waals surface area contributed by atoms with Gasteiger partial charge in [-0.05, 0) is 48.9 Å². The van der Waals surface area contributed by atoms with Crippen molar-refractivity contribution < 1.29 is 27.7 Å². The molecule has 0 saturated carbocycles. The monoisotopic (exact) mass is 513 g/mol. The highest BCUT2D eigenvalue weighted by Gasteiger charge is 2.10. The molecule has 0 fully saturated rings. The number of aryl methyl sites for hydroxylation is 1. The van der Waals surface area contributed by atoms with Gasteiger partial charge < -0.3 is 16.2 Å². The minimum absolute atomic E-state index is 0.0666. The largest absolute Gasteiger partial charge is 0.478 e. The summed E-state index contributed by atoms with van der Waals surface area (Å²) in [5.41, 5.74) is 7.76. The lowest BCUT2D eigenvalue weighted by Crippen LogP contribution is -2.10. The number of carbonyl (C=O) groups is 2. The molecule has 0 spiro atoms. The number of aromatic carboxylic acids is 1. The maximum atomic E-state index is 12.1. The summed E-state index contributed by atoms with van der Waals surface area (Å²) in [6.07, 6.45) is 1.33. The Kier molecular flexibility index (Phi) is 9.76. The molecule has 0 aliphatic rings. The number of nitrogens with two attached hydrogens (primary N) is 1. The first-order valence-electron chi connectivity index (χ1n) is 9.93. The highest BCUT2D eigenvalue weighted by Crippen LogP contribution is 2.27. The molecular formula is C24H23N3O6S2. The second-order valence-electron chi connectivity index (χ2n) is 7.00. The third kappa shape index (κ3) is 9.45. The van der Waals surface area contributed by atoms with E-state index in [4.69, 9.17) is 20.8 Å². The van der Waals surface area contributed by atoms with Gasteiger partial charge in [0.05, 0.1) is 10.5 Å². The van der Waals surface area contributed by atoms with Crippen LogP contribution in [0.2, 0.25) is 0 Å². The first-order valence-corrected chi connectivity index (χ1v) is 12.2. The molecule has 35 heavy (non-hydrogen) atoms. The van der Waals surface area contributed by atoms with Crippen LogP contribution in [0.5, 0.6) is 0 Å². The Bertz CT molecular complexity index is 1320. The van der Waals surface area contributed by atoms with E-state index >= 15 is 0 Å². The number of amides is 1. The Morgan fingerprint density at radius 1 is 0.943 bits per heavy atom. The molecule has 0 radical (unpaired) electrons. The van der Waals surface area contributed by atoms with Gasteiger partial charge in [0.15, 0.2) is 5.17 Å². The Hall–Kier alpha value is -3.93. The van der Waals surface area contributed by atoms with Gasteiger partial charge in [-0.2, -0.15) is 8.42 Å². The van der Waals surface area contributed by atoms with Gasteiger partial charge >= 0.3 is 5.97 Å². The zero-order valence-corrected chi connectivity index (χ0v) is 20.1. The zero-order chi connectivity index (χ0) is 26.0. The van der Waals surface area contributed by atoms with Crippen LogP contribution in [0.25, 0.3) is 4.91 Å². The van der Waals surface area contributed by atoms with Crippen LogP contribution in [0.15, 0.2) is 89.8 Å². The van der Waals surface area contributed by atoms with Gasteiger partial charge in [0.25, 0.3) is 10.1 Å². The molecule has 0 aliphatic heterocycles. The normalized spacial score (nSPS) is 11.1. The van der Waals surface area contributed by atoms with E-state index in [1.165, 1.54) is 30.3 Å². The molecule has 182 valence electrons. The highest BCUT2D eigenvalue weighted by atomic mass is 32.2. The molecule has 3 rings (SSSR count). The van der Waals surface area contributed by atoms with Gasteiger partial charge in [0, 0.05) is 16.7 Å². The fraction of sp³-hybridized carbons (Fsp3) is 0.0417. The summed E-state index contributed by atoms with van der Waals surface area (Å²) in [5.74, 6) is -1.40. The predicted molar refractivity (Wildman–Crippen MR) is 137 cm³/mol. The van der Waals surface area contributed by atoms with Crippen LogP contribution in [0.3, 0.4) is 0 Å². The number of anilines is 1. The minimum Gasteiger partial charge on any atom is -0.478 e. The van der Waals surface area contributed by atoms with Crippen molar-refractivity contribution in [1.82, 2.24) is 0 Å². The van der Waals surface area contributed by atoms with Crippen LogP contribution in [0, 0.1) is 12.3 Å². The van der Waals surface area contributed by atoms with Crippen LogP contribution in [0.4, 0.5) is 5.69 Å². The maximum absolute atomic E-state index is 12.1. The summed E-state index contributed by atoms with van der Waals surface area (Å²) in [4.78, 5) is 23.4. The van der Waals surface area contributed by atoms with Crippen LogP contribution < -0.4 is 11.1 Å². The molecule has 0 saturated heterocycles. The first kappa shape index (κ1) is 27.3. The van der Waals surface area contributed by atoms with Gasteiger partial charge in [0.2, 0.25) is 5.91 Å². The SMILES string of the molecule is Cc1ccc(S(=O)(=O)O)cc1.N=C(N)SC(=CC(=O)Nc1ccccc1)c1ccc(C(=O)O)cc1. The lowest BCUT2D eigenvalue weighted by Gasteiger charge is -2.08. The molecule has 6 N–H and O–H groups in total. The topological polar surface area (TPSA) is 171 Å². The quantitative estimate of drug-likeness (QED) is 0.141. The lowest BCUT2D eigenvalue weighted by molar-refractivity contribution is -0.111. The molecule has 0 heterocycles. The number of carboxylic acid groups (broad SMARTS) is 1. The Labute approximate surface area is 206 Å². The minimum atomic E-state index is -4.02. The number of hydrogen-bond donors (Lipinski definition) is 5. The molecule has 0 atom stereocenters. The second-order valence-corrected chi connectivity index (χ2v) is 9.51. The van der Waals surface area contributed by atoms with E-state index in [0.717, 1.165) is 17.3 Å². The summed E-state index contributed by atoms with van der Waals surface area (Å²) < 4.78 is 29.6. The van der Waals surface area contributed by atoms with Gasteiger partial charge in [-0.3, -0.25) is 14.8 Å². The smallest absolute Gasteiger partial charge is 0.335 e. The van der Waals surface area contributed by atoms with E-state index in [1.807, 2.05) is 13.0 Å². The van der Waals surface area contributed by atoms with Gasteiger partial charge in [-0.25, -0.2) is 4.79 Å². The molecule has 11 heteroatoms. The van der Waals surface area contributed by atoms with Crippen LogP contribution >= 0.6 is 11.8 Å². The van der Waals surface area contributed by atoms with Gasteiger partial charge in [-0.15, -0.1) is 0 Å². The summed E-state index contributed by atoms with van der Waals surface area (Å²) in [7, 11) is -4.02. The van der Waals surface area contributed by atoms with Gasteiger partial charge in [-0.1, -0.05) is 59.8 Å². The summed E-state index contributed by atoms with van der Waals surface area (Å²) in [5, 5.41) is 18.9. The van der Waals surface area contributed by atoms with Crippen molar-refractivity contribution in [3.8, 4) is 0 Å². The van der Waals surface area contributed by atoms with Crippen LogP contribution in [-0.2, 0) is 14.9 Å². The summed E-state index contributed by atoms with van der Waals surface area (Å²) in [6.45, 7) is 1.84. The average Bonchev–Trinajstić information content (AvgIpc) is 2.79. The van der Waals surface area contributed by atoms with Crippen LogP contribution in [-0.4, -0.2) is 35.1 Å². The summed E-state index contributed by atoms with van der Waals surface area (Å²) in [6, 6.07) is 20.9. The highest BCUT2D eigenvalue weighted by molar-refractivity contribution is 8.21. The zero-order valence-electron chi connectivity index (χ0n) is 18.5. The Morgan fingerprint density at radius 2 is 1.49 bits per heavy atom. The molecule has 0 aliphatic carbocycles. The maximum Gasteiger partial charge on any atom is 0.335 e. The van der Waals surface area contributed by atoms with E-state index in [9.17, 15) is 18.0 Å². The molecule has 1 amide bonds. The molecule has 3 aromatic rings. The number of para-hydroxylation sites is 1. The number of benzene rings is 3. The Balaban J connectivity index is 0.000000328. The van der Waals surface area contributed by atoms with Crippen molar-refractivity contribution in [2.24, 2.45) is 5.73 Å². The average molecular weight is 514 g/mol. The van der Waals surface area contributed by atoms with Gasteiger partial charge in [0.1, 0.15) is 0 Å². The fourth-order valence-corrected chi connectivity index (χ4v) is 3.73. The lowest BCUT2D eigenvalue weighted by atomic mass is 10.1. The van der Waals surface area contributed by atoms with Crippen molar-refractivity contribution in [1.29, 1.82) is 5.41 Å².